The molecule has 1 amide bonds. The summed E-state index contributed by atoms with van der Waals surface area (Å²) in [6.45, 7) is 8.82. The molecular formula is C23H28ClN5O2. The number of nitriles is 1. The van der Waals surface area contributed by atoms with E-state index in [2.05, 4.69) is 43.0 Å². The molecule has 0 radical (unpaired) electrons. The van der Waals surface area contributed by atoms with Gasteiger partial charge in [-0.05, 0) is 25.1 Å². The number of aromatic nitrogens is 2. The van der Waals surface area contributed by atoms with Gasteiger partial charge in [0, 0.05) is 41.8 Å². The summed E-state index contributed by atoms with van der Waals surface area (Å²) in [5, 5.41) is 12.5. The van der Waals surface area contributed by atoms with Crippen LogP contribution >= 0.6 is 11.6 Å². The van der Waals surface area contributed by atoms with Crippen molar-refractivity contribution in [1.82, 2.24) is 15.3 Å². The number of carbonyl (C=O) groups excluding carboxylic acids is 1. The Bertz CT molecular complexity index is 982. The maximum atomic E-state index is 12.8. The Balaban J connectivity index is 1.70. The molecule has 2 aromatic rings. The Morgan fingerprint density at radius 2 is 1.90 bits per heavy atom. The molecular weight excluding hydrogens is 414 g/mol. The van der Waals surface area contributed by atoms with E-state index in [1.54, 1.807) is 30.6 Å². The smallest absolute Gasteiger partial charge is 0.254 e. The lowest BCUT2D eigenvalue weighted by Crippen LogP contribution is -2.74. The molecule has 1 fully saturated rings. The summed E-state index contributed by atoms with van der Waals surface area (Å²) < 4.78 is 6.25. The van der Waals surface area contributed by atoms with Crippen LogP contribution in [-0.2, 0) is 6.42 Å². The predicted octanol–water partition coefficient (Wildman–Crippen LogP) is 3.50. The van der Waals surface area contributed by atoms with Crippen molar-refractivity contribution in [2.24, 2.45) is 16.6 Å². The first kappa shape index (κ1) is 23.0. The zero-order valence-electron chi connectivity index (χ0n) is 18.3. The monoisotopic (exact) mass is 441 g/mol. The molecule has 0 atom stereocenters. The summed E-state index contributed by atoms with van der Waals surface area (Å²) in [6.07, 6.45) is 4.45. The summed E-state index contributed by atoms with van der Waals surface area (Å²) in [5.41, 5.74) is 5.68. The first-order valence-corrected chi connectivity index (χ1v) is 10.7. The zero-order valence-corrected chi connectivity index (χ0v) is 19.0. The minimum Gasteiger partial charge on any atom is -0.489 e. The molecule has 31 heavy (non-hydrogen) atoms. The van der Waals surface area contributed by atoms with Gasteiger partial charge in [-0.2, -0.15) is 5.26 Å². The van der Waals surface area contributed by atoms with Gasteiger partial charge < -0.3 is 15.8 Å². The van der Waals surface area contributed by atoms with E-state index in [-0.39, 0.29) is 28.9 Å². The van der Waals surface area contributed by atoms with Crippen molar-refractivity contribution in [1.29, 1.82) is 5.26 Å². The number of ether oxygens (including phenoxy) is 1. The molecule has 0 aliphatic heterocycles. The van der Waals surface area contributed by atoms with Crippen LogP contribution in [0.3, 0.4) is 0 Å². The second kappa shape index (κ2) is 8.81. The van der Waals surface area contributed by atoms with Crippen molar-refractivity contribution in [2.45, 2.75) is 52.7 Å². The molecule has 1 aliphatic carbocycles. The van der Waals surface area contributed by atoms with Crippen LogP contribution in [0.4, 0.5) is 0 Å². The van der Waals surface area contributed by atoms with Crippen molar-refractivity contribution in [3.63, 3.8) is 0 Å². The van der Waals surface area contributed by atoms with Gasteiger partial charge >= 0.3 is 0 Å². The Morgan fingerprint density at radius 1 is 1.26 bits per heavy atom. The number of rotatable bonds is 7. The van der Waals surface area contributed by atoms with Crippen LogP contribution in [0.1, 0.15) is 55.9 Å². The van der Waals surface area contributed by atoms with E-state index in [1.807, 2.05) is 6.07 Å². The minimum absolute atomic E-state index is 0.122. The number of hydrogen-bond donors (Lipinski definition) is 2. The van der Waals surface area contributed by atoms with Gasteiger partial charge in [-0.1, -0.05) is 39.3 Å². The third-order valence-corrected chi connectivity index (χ3v) is 6.31. The van der Waals surface area contributed by atoms with Crippen LogP contribution < -0.4 is 15.8 Å². The Labute approximate surface area is 188 Å². The SMILES string of the molecule is CC1(C)C(NC(=O)c2cnc(CCCN)nc2)C(C)(C)C1Oc1ccc(C#N)c(Cl)c1. The second-order valence-corrected chi connectivity index (χ2v) is 9.49. The summed E-state index contributed by atoms with van der Waals surface area (Å²) >= 11 is 6.14. The highest BCUT2D eigenvalue weighted by Crippen LogP contribution is 2.55. The van der Waals surface area contributed by atoms with Gasteiger partial charge in [0.05, 0.1) is 16.1 Å². The molecule has 1 heterocycles. The van der Waals surface area contributed by atoms with Gasteiger partial charge in [-0.3, -0.25) is 4.79 Å². The van der Waals surface area contributed by atoms with Crippen molar-refractivity contribution >= 4 is 17.5 Å². The summed E-state index contributed by atoms with van der Waals surface area (Å²) in [4.78, 5) is 21.4. The lowest BCUT2D eigenvalue weighted by molar-refractivity contribution is -0.164. The molecule has 3 N–H and O–H groups in total. The molecule has 0 unspecified atom stereocenters. The van der Waals surface area contributed by atoms with E-state index < -0.39 is 0 Å². The van der Waals surface area contributed by atoms with Gasteiger partial charge in [0.15, 0.2) is 0 Å². The average Bonchev–Trinajstić information content (AvgIpc) is 2.74. The maximum Gasteiger partial charge on any atom is 0.254 e. The fourth-order valence-corrected chi connectivity index (χ4v) is 4.88. The number of amides is 1. The van der Waals surface area contributed by atoms with Crippen molar-refractivity contribution < 1.29 is 9.53 Å². The van der Waals surface area contributed by atoms with Gasteiger partial charge in [-0.25, -0.2) is 9.97 Å². The Hall–Kier alpha value is -2.69. The standard InChI is InChI=1S/C23H28ClN5O2/c1-22(2)20(29-19(30)15-12-27-18(28-13-15)6-5-9-25)23(3,4)21(22)31-16-8-7-14(11-26)17(24)10-16/h7-8,10,12-13,20-21H,5-6,9,25H2,1-4H3,(H,29,30). The lowest BCUT2D eigenvalue weighted by atomic mass is 9.49. The molecule has 1 aromatic heterocycles. The highest BCUT2D eigenvalue weighted by Gasteiger charge is 2.64. The molecule has 0 spiro atoms. The number of nitrogens with one attached hydrogen (secondary N) is 1. The number of nitrogens with two attached hydrogens (primary N) is 1. The van der Waals surface area contributed by atoms with Crippen molar-refractivity contribution in [3.05, 3.63) is 52.6 Å². The number of carbonyl (C=O) groups is 1. The molecule has 1 aromatic carbocycles. The van der Waals surface area contributed by atoms with Crippen LogP contribution in [0.25, 0.3) is 0 Å². The Kier molecular flexibility index (Phi) is 6.54. The van der Waals surface area contributed by atoms with Gasteiger partial charge in [0.1, 0.15) is 23.7 Å². The normalized spacial score (nSPS) is 20.9. The fourth-order valence-electron chi connectivity index (χ4n) is 4.67. The van der Waals surface area contributed by atoms with E-state index >= 15 is 0 Å². The quantitative estimate of drug-likeness (QED) is 0.679. The minimum atomic E-state index is -0.332. The van der Waals surface area contributed by atoms with Crippen molar-refractivity contribution in [2.75, 3.05) is 6.54 Å². The van der Waals surface area contributed by atoms with Gasteiger partial charge in [0.25, 0.3) is 5.91 Å². The zero-order chi connectivity index (χ0) is 22.8. The van der Waals surface area contributed by atoms with E-state index in [1.165, 1.54) is 0 Å². The third-order valence-electron chi connectivity index (χ3n) is 6.00. The largest absolute Gasteiger partial charge is 0.489 e. The number of benzene rings is 1. The first-order valence-electron chi connectivity index (χ1n) is 10.3. The van der Waals surface area contributed by atoms with Crippen LogP contribution in [-0.4, -0.2) is 34.6 Å². The van der Waals surface area contributed by atoms with E-state index in [0.717, 1.165) is 6.42 Å². The molecule has 0 saturated heterocycles. The first-order chi connectivity index (χ1) is 14.6. The van der Waals surface area contributed by atoms with Crippen molar-refractivity contribution in [3.8, 4) is 11.8 Å². The van der Waals surface area contributed by atoms with Gasteiger partial charge in [-0.15, -0.1) is 0 Å². The fraction of sp³-hybridized carbons (Fsp3) is 0.478. The molecule has 1 aliphatic rings. The summed E-state index contributed by atoms with van der Waals surface area (Å²) in [7, 11) is 0. The summed E-state index contributed by atoms with van der Waals surface area (Å²) in [5.74, 6) is 1.07. The highest BCUT2D eigenvalue weighted by atomic mass is 35.5. The predicted molar refractivity (Wildman–Crippen MR) is 119 cm³/mol. The van der Waals surface area contributed by atoms with E-state index in [9.17, 15) is 4.79 Å². The summed E-state index contributed by atoms with van der Waals surface area (Å²) in [6, 6.07) is 6.96. The lowest BCUT2D eigenvalue weighted by Gasteiger charge is -2.63. The average molecular weight is 442 g/mol. The van der Waals surface area contributed by atoms with Crippen LogP contribution in [0.5, 0.6) is 5.75 Å². The Morgan fingerprint density at radius 3 is 2.45 bits per heavy atom. The van der Waals surface area contributed by atoms with Gasteiger partial charge in [0.2, 0.25) is 0 Å². The molecule has 3 rings (SSSR count). The van der Waals surface area contributed by atoms with E-state index in [0.29, 0.717) is 40.7 Å². The molecule has 7 nitrogen and oxygen atoms in total. The maximum absolute atomic E-state index is 12.8. The highest BCUT2D eigenvalue weighted by molar-refractivity contribution is 6.31. The number of halogens is 1. The number of aryl methyl sites for hydroxylation is 1. The number of hydrogen-bond acceptors (Lipinski definition) is 6. The second-order valence-electron chi connectivity index (χ2n) is 9.08. The van der Waals surface area contributed by atoms with Crippen LogP contribution in [0.2, 0.25) is 5.02 Å². The van der Waals surface area contributed by atoms with Crippen LogP contribution in [0, 0.1) is 22.2 Å². The number of nitrogens with zero attached hydrogens (tertiary/aromatic N) is 3. The molecule has 1 saturated carbocycles. The molecule has 164 valence electrons. The third kappa shape index (κ3) is 4.51. The topological polar surface area (TPSA) is 114 Å². The van der Waals surface area contributed by atoms with E-state index in [4.69, 9.17) is 27.3 Å². The van der Waals surface area contributed by atoms with Crippen LogP contribution in [0.15, 0.2) is 30.6 Å². The molecule has 0 bridgehead atoms. The molecule has 8 heteroatoms.